The molecular formula is C20H25N3O. The molecule has 24 heavy (non-hydrogen) atoms. The molecule has 4 nitrogen and oxygen atoms in total. The number of carbonyl (C=O) groups is 1. The normalized spacial score (nSPS) is 20.5. The van der Waals surface area contributed by atoms with Gasteiger partial charge in [0.1, 0.15) is 5.82 Å². The van der Waals surface area contributed by atoms with Gasteiger partial charge in [-0.25, -0.2) is 4.98 Å². The largest absolute Gasteiger partial charge is 0.342 e. The van der Waals surface area contributed by atoms with Crippen molar-refractivity contribution in [3.63, 3.8) is 0 Å². The van der Waals surface area contributed by atoms with E-state index in [-0.39, 0.29) is 0 Å². The molecule has 4 heteroatoms. The van der Waals surface area contributed by atoms with Crippen molar-refractivity contribution in [1.29, 1.82) is 0 Å². The number of likely N-dealkylation sites (tertiary alicyclic amines) is 1. The smallest absolute Gasteiger partial charge is 0.225 e. The summed E-state index contributed by atoms with van der Waals surface area (Å²) in [6.07, 6.45) is 6.24. The van der Waals surface area contributed by atoms with E-state index in [1.807, 2.05) is 6.20 Å². The first-order chi connectivity index (χ1) is 11.7. The van der Waals surface area contributed by atoms with Gasteiger partial charge in [0.25, 0.3) is 0 Å². The van der Waals surface area contributed by atoms with Crippen molar-refractivity contribution >= 4 is 5.91 Å². The van der Waals surface area contributed by atoms with E-state index in [1.165, 1.54) is 11.3 Å². The number of aromatic nitrogens is 2. The topological polar surface area (TPSA) is 38.1 Å². The van der Waals surface area contributed by atoms with Crippen molar-refractivity contribution in [2.75, 3.05) is 13.1 Å². The van der Waals surface area contributed by atoms with Crippen molar-refractivity contribution < 1.29 is 4.79 Å². The molecular weight excluding hydrogens is 298 g/mol. The van der Waals surface area contributed by atoms with Crippen LogP contribution < -0.4 is 0 Å². The minimum atomic E-state index is 0.339. The molecule has 2 fully saturated rings. The summed E-state index contributed by atoms with van der Waals surface area (Å²) in [6.45, 7) is 4.83. The van der Waals surface area contributed by atoms with Gasteiger partial charge in [-0.1, -0.05) is 30.3 Å². The first kappa shape index (κ1) is 15.4. The molecule has 0 N–H and O–H groups in total. The van der Waals surface area contributed by atoms with Gasteiger partial charge in [-0.3, -0.25) is 4.79 Å². The Bertz CT molecular complexity index is 718. The second-order valence-electron chi connectivity index (χ2n) is 7.30. The molecule has 1 saturated heterocycles. The maximum atomic E-state index is 12.2. The minimum Gasteiger partial charge on any atom is -0.342 e. The molecule has 1 aliphatic carbocycles. The van der Waals surface area contributed by atoms with Gasteiger partial charge in [-0.05, 0) is 37.7 Å². The zero-order valence-corrected chi connectivity index (χ0v) is 14.3. The highest BCUT2D eigenvalue weighted by atomic mass is 16.2. The second kappa shape index (κ2) is 6.42. The third-order valence-electron chi connectivity index (χ3n) is 5.32. The van der Waals surface area contributed by atoms with Crippen LogP contribution in [0.5, 0.6) is 0 Å². The van der Waals surface area contributed by atoms with Gasteiger partial charge in [-0.15, -0.1) is 0 Å². The Labute approximate surface area is 143 Å². The quantitative estimate of drug-likeness (QED) is 0.848. The molecule has 1 aliphatic heterocycles. The van der Waals surface area contributed by atoms with E-state index in [9.17, 15) is 4.79 Å². The Balaban J connectivity index is 1.43. The van der Waals surface area contributed by atoms with E-state index in [0.717, 1.165) is 51.1 Å². The molecule has 1 saturated carbocycles. The molecule has 0 radical (unpaired) electrons. The lowest BCUT2D eigenvalue weighted by Gasteiger charge is -2.17. The van der Waals surface area contributed by atoms with Crippen LogP contribution in [-0.2, 0) is 17.8 Å². The molecule has 2 aromatic rings. The average molecular weight is 323 g/mol. The lowest BCUT2D eigenvalue weighted by molar-refractivity contribution is -0.131. The Morgan fingerprint density at radius 2 is 2.00 bits per heavy atom. The van der Waals surface area contributed by atoms with Crippen LogP contribution in [0.3, 0.4) is 0 Å². The second-order valence-corrected chi connectivity index (χ2v) is 7.30. The van der Waals surface area contributed by atoms with E-state index < -0.39 is 0 Å². The van der Waals surface area contributed by atoms with E-state index in [1.54, 1.807) is 0 Å². The summed E-state index contributed by atoms with van der Waals surface area (Å²) >= 11 is 0. The molecule has 2 aliphatic rings. The maximum Gasteiger partial charge on any atom is 0.225 e. The summed E-state index contributed by atoms with van der Waals surface area (Å²) in [5.41, 5.74) is 2.51. The predicted octanol–water partition coefficient (Wildman–Crippen LogP) is 3.04. The number of aryl methyl sites for hydroxylation is 1. The van der Waals surface area contributed by atoms with Gasteiger partial charge in [-0.2, -0.15) is 0 Å². The fourth-order valence-electron chi connectivity index (χ4n) is 3.70. The van der Waals surface area contributed by atoms with Gasteiger partial charge < -0.3 is 9.47 Å². The number of imidazole rings is 1. The third kappa shape index (κ3) is 3.23. The van der Waals surface area contributed by atoms with Crippen LogP contribution in [-0.4, -0.2) is 33.4 Å². The van der Waals surface area contributed by atoms with E-state index in [4.69, 9.17) is 0 Å². The Kier molecular flexibility index (Phi) is 4.13. The van der Waals surface area contributed by atoms with E-state index in [0.29, 0.717) is 17.7 Å². The highest BCUT2D eigenvalue weighted by Gasteiger charge is 2.36. The van der Waals surface area contributed by atoms with Crippen LogP contribution in [0.15, 0.2) is 36.5 Å². The fourth-order valence-corrected chi connectivity index (χ4v) is 3.70. The zero-order chi connectivity index (χ0) is 16.5. The summed E-state index contributed by atoms with van der Waals surface area (Å²) in [6, 6.07) is 10.5. The van der Waals surface area contributed by atoms with Crippen molar-refractivity contribution in [3.8, 4) is 0 Å². The molecule has 1 unspecified atom stereocenters. The van der Waals surface area contributed by atoms with Crippen molar-refractivity contribution in [3.05, 3.63) is 53.6 Å². The van der Waals surface area contributed by atoms with Gasteiger partial charge in [0, 0.05) is 43.9 Å². The molecule has 1 aromatic heterocycles. The first-order valence-electron chi connectivity index (χ1n) is 9.04. The van der Waals surface area contributed by atoms with Crippen LogP contribution in [0.4, 0.5) is 0 Å². The Hall–Kier alpha value is -2.10. The van der Waals surface area contributed by atoms with E-state index >= 15 is 0 Å². The highest BCUT2D eigenvalue weighted by molar-refractivity contribution is 5.81. The molecule has 1 atom stereocenters. The molecule has 1 amide bonds. The summed E-state index contributed by atoms with van der Waals surface area (Å²) in [5.74, 6) is 2.43. The average Bonchev–Trinajstić information content (AvgIpc) is 3.27. The lowest BCUT2D eigenvalue weighted by atomic mass is 10.0. The van der Waals surface area contributed by atoms with Gasteiger partial charge in [0.15, 0.2) is 0 Å². The molecule has 126 valence electrons. The van der Waals surface area contributed by atoms with Crippen LogP contribution in [0, 0.1) is 18.8 Å². The molecule has 0 bridgehead atoms. The number of benzene rings is 1. The molecule has 2 heterocycles. The van der Waals surface area contributed by atoms with Crippen molar-refractivity contribution in [2.24, 2.45) is 11.8 Å². The molecule has 4 rings (SSSR count). The monoisotopic (exact) mass is 323 g/mol. The number of amides is 1. The number of nitrogens with zero attached hydrogens (tertiary/aromatic N) is 3. The maximum absolute atomic E-state index is 12.2. The van der Waals surface area contributed by atoms with Crippen LogP contribution in [0.1, 0.15) is 36.3 Å². The predicted molar refractivity (Wildman–Crippen MR) is 93.6 cm³/mol. The Morgan fingerprint density at radius 1 is 1.21 bits per heavy atom. The highest BCUT2D eigenvalue weighted by Crippen LogP contribution is 2.33. The van der Waals surface area contributed by atoms with Crippen molar-refractivity contribution in [2.45, 2.75) is 39.2 Å². The number of hydrogen-bond acceptors (Lipinski definition) is 2. The summed E-state index contributed by atoms with van der Waals surface area (Å²) in [7, 11) is 0. The lowest BCUT2D eigenvalue weighted by Crippen LogP contribution is -2.30. The number of carbonyl (C=O) groups excluding carboxylic acids is 1. The summed E-state index contributed by atoms with van der Waals surface area (Å²) in [5, 5.41) is 0. The van der Waals surface area contributed by atoms with Crippen LogP contribution in [0.25, 0.3) is 0 Å². The standard InChI is InChI=1S/C20H25N3O/c1-15-12-21-19(23(15)14-16-5-3-2-4-6-16)11-17-9-10-22(13-17)20(24)18-7-8-18/h2-6,12,17-18H,7-11,13-14H2,1H3. The summed E-state index contributed by atoms with van der Waals surface area (Å²) < 4.78 is 2.32. The zero-order valence-electron chi connectivity index (χ0n) is 14.3. The molecule has 0 spiro atoms. The van der Waals surface area contributed by atoms with Crippen LogP contribution >= 0.6 is 0 Å². The Morgan fingerprint density at radius 3 is 2.75 bits per heavy atom. The third-order valence-corrected chi connectivity index (χ3v) is 5.32. The fraction of sp³-hybridized carbons (Fsp3) is 0.500. The van der Waals surface area contributed by atoms with Gasteiger partial charge in [0.2, 0.25) is 5.91 Å². The number of hydrogen-bond donors (Lipinski definition) is 0. The molecule has 1 aromatic carbocycles. The summed E-state index contributed by atoms with van der Waals surface area (Å²) in [4.78, 5) is 19.0. The van der Waals surface area contributed by atoms with Crippen molar-refractivity contribution in [1.82, 2.24) is 14.5 Å². The SMILES string of the molecule is Cc1cnc(CC2CCN(C(=O)C3CC3)C2)n1Cc1ccccc1. The van der Waals surface area contributed by atoms with Crippen LogP contribution in [0.2, 0.25) is 0 Å². The van der Waals surface area contributed by atoms with E-state index in [2.05, 4.69) is 51.7 Å². The van der Waals surface area contributed by atoms with Gasteiger partial charge in [0.05, 0.1) is 0 Å². The first-order valence-corrected chi connectivity index (χ1v) is 9.04. The number of rotatable bonds is 5. The minimum absolute atomic E-state index is 0.339. The van der Waals surface area contributed by atoms with Gasteiger partial charge >= 0.3 is 0 Å².